The predicted octanol–water partition coefficient (Wildman–Crippen LogP) is 2.80. The Kier molecular flexibility index (Phi) is 3.70. The second-order valence-corrected chi connectivity index (χ2v) is 2.58. The van der Waals surface area contributed by atoms with Gasteiger partial charge in [0, 0.05) is 11.9 Å². The Labute approximate surface area is 63.2 Å². The molecule has 0 rings (SSSR count). The number of aliphatic imine (C=N–C) groups is 1. The average Bonchev–Trinajstić information content (AvgIpc) is 1.87. The summed E-state index contributed by atoms with van der Waals surface area (Å²) in [6, 6.07) is 0. The third kappa shape index (κ3) is 2.62. The fraction of sp³-hybridized carbons (Fsp3) is 0.444. The van der Waals surface area contributed by atoms with Crippen molar-refractivity contribution >= 4 is 5.71 Å². The van der Waals surface area contributed by atoms with Gasteiger partial charge in [-0.25, -0.2) is 0 Å². The molecule has 0 aliphatic rings. The van der Waals surface area contributed by atoms with Crippen molar-refractivity contribution in [2.45, 2.75) is 20.8 Å². The Morgan fingerprint density at radius 1 is 1.50 bits per heavy atom. The molecule has 0 aromatic rings. The van der Waals surface area contributed by atoms with Gasteiger partial charge in [-0.3, -0.25) is 4.99 Å². The average molecular weight is 137 g/mol. The summed E-state index contributed by atoms with van der Waals surface area (Å²) in [5, 5.41) is 0. The Balaban J connectivity index is 4.21. The van der Waals surface area contributed by atoms with E-state index in [2.05, 4.69) is 32.0 Å². The molecule has 0 aliphatic carbocycles. The molecule has 56 valence electrons. The molecule has 0 saturated heterocycles. The molecule has 0 N–H and O–H groups in total. The summed E-state index contributed by atoms with van der Waals surface area (Å²) in [6.07, 6.45) is 1.54. The van der Waals surface area contributed by atoms with Gasteiger partial charge < -0.3 is 0 Å². The van der Waals surface area contributed by atoms with E-state index in [4.69, 9.17) is 0 Å². The van der Waals surface area contributed by atoms with Crippen LogP contribution in [0.3, 0.4) is 0 Å². The molecule has 0 bridgehead atoms. The van der Waals surface area contributed by atoms with Gasteiger partial charge >= 0.3 is 0 Å². The smallest absolute Gasteiger partial charge is 0.0401 e. The molecule has 0 aromatic heterocycles. The molecule has 0 saturated carbocycles. The van der Waals surface area contributed by atoms with E-state index in [1.165, 1.54) is 0 Å². The Hall–Kier alpha value is -0.850. The van der Waals surface area contributed by atoms with Crippen LogP contribution in [0.2, 0.25) is 0 Å². The van der Waals surface area contributed by atoms with E-state index in [1.807, 2.05) is 6.92 Å². The maximum absolute atomic E-state index is 4.03. The van der Waals surface area contributed by atoms with Crippen molar-refractivity contribution in [3.05, 3.63) is 24.9 Å². The highest BCUT2D eigenvalue weighted by atomic mass is 14.7. The lowest BCUT2D eigenvalue weighted by Crippen LogP contribution is -2.01. The van der Waals surface area contributed by atoms with Crippen LogP contribution in [0.15, 0.2) is 29.9 Å². The van der Waals surface area contributed by atoms with Gasteiger partial charge in [-0.2, -0.15) is 0 Å². The topological polar surface area (TPSA) is 12.4 Å². The van der Waals surface area contributed by atoms with Crippen LogP contribution >= 0.6 is 0 Å². The fourth-order valence-electron chi connectivity index (χ4n) is 0.638. The largest absolute Gasteiger partial charge is 0.262 e. The first-order valence-corrected chi connectivity index (χ1v) is 3.44. The van der Waals surface area contributed by atoms with Gasteiger partial charge in [0.25, 0.3) is 0 Å². The summed E-state index contributed by atoms with van der Waals surface area (Å²) >= 11 is 0. The highest BCUT2D eigenvalue weighted by molar-refractivity contribution is 5.98. The van der Waals surface area contributed by atoms with E-state index >= 15 is 0 Å². The molecule has 0 amide bonds. The van der Waals surface area contributed by atoms with Crippen molar-refractivity contribution in [3.8, 4) is 0 Å². The van der Waals surface area contributed by atoms with Gasteiger partial charge in [0.15, 0.2) is 0 Å². The highest BCUT2D eigenvalue weighted by Crippen LogP contribution is 2.08. The Morgan fingerprint density at radius 2 is 2.00 bits per heavy atom. The number of rotatable bonds is 3. The molecule has 0 aliphatic heterocycles. The van der Waals surface area contributed by atoms with Gasteiger partial charge in [-0.1, -0.05) is 27.0 Å². The summed E-state index contributed by atoms with van der Waals surface area (Å²) in [5.74, 6) is 0.476. The summed E-state index contributed by atoms with van der Waals surface area (Å²) < 4.78 is 0. The second-order valence-electron chi connectivity index (χ2n) is 2.58. The molecule has 0 atom stereocenters. The van der Waals surface area contributed by atoms with Crippen molar-refractivity contribution in [2.75, 3.05) is 0 Å². The number of hydrogen-bond donors (Lipinski definition) is 0. The van der Waals surface area contributed by atoms with E-state index < -0.39 is 0 Å². The van der Waals surface area contributed by atoms with Crippen LogP contribution in [-0.4, -0.2) is 5.71 Å². The van der Waals surface area contributed by atoms with Crippen molar-refractivity contribution in [2.24, 2.45) is 10.9 Å². The van der Waals surface area contributed by atoms with Crippen LogP contribution in [0.4, 0.5) is 0 Å². The maximum atomic E-state index is 4.03. The van der Waals surface area contributed by atoms with Crippen LogP contribution in [0.25, 0.3) is 0 Å². The number of allylic oxidation sites excluding steroid dienone is 1. The fourth-order valence-corrected chi connectivity index (χ4v) is 0.638. The third-order valence-corrected chi connectivity index (χ3v) is 1.45. The first kappa shape index (κ1) is 9.15. The van der Waals surface area contributed by atoms with Crippen LogP contribution in [-0.2, 0) is 0 Å². The molecular weight excluding hydrogens is 122 g/mol. The maximum Gasteiger partial charge on any atom is 0.0401 e. The van der Waals surface area contributed by atoms with Crippen molar-refractivity contribution in [1.82, 2.24) is 0 Å². The zero-order valence-corrected chi connectivity index (χ0v) is 7.02. The summed E-state index contributed by atoms with van der Waals surface area (Å²) in [4.78, 5) is 4.03. The molecule has 0 fully saturated rings. The standard InChI is InChI=1S/C9H15N/c1-6-10-9(5)8(4)7(2)3/h6-7H,1,4H2,2-3,5H3. The van der Waals surface area contributed by atoms with Gasteiger partial charge in [-0.05, 0) is 18.4 Å². The minimum Gasteiger partial charge on any atom is -0.262 e. The van der Waals surface area contributed by atoms with E-state index in [-0.39, 0.29) is 0 Å². The molecule has 1 nitrogen and oxygen atoms in total. The lowest BCUT2D eigenvalue weighted by molar-refractivity contribution is 0.805. The van der Waals surface area contributed by atoms with Crippen LogP contribution in [0.5, 0.6) is 0 Å². The molecule has 10 heavy (non-hydrogen) atoms. The Bertz CT molecular complexity index is 164. The van der Waals surface area contributed by atoms with Crippen molar-refractivity contribution in [1.29, 1.82) is 0 Å². The normalized spacial score (nSPS) is 11.8. The first-order chi connectivity index (χ1) is 4.59. The summed E-state index contributed by atoms with van der Waals surface area (Å²) in [7, 11) is 0. The van der Waals surface area contributed by atoms with Crippen LogP contribution in [0.1, 0.15) is 20.8 Å². The second kappa shape index (κ2) is 4.04. The lowest BCUT2D eigenvalue weighted by Gasteiger charge is -2.06. The molecule has 0 heterocycles. The molecule has 0 aromatic carbocycles. The first-order valence-electron chi connectivity index (χ1n) is 3.44. The lowest BCUT2D eigenvalue weighted by atomic mass is 10.0. The van der Waals surface area contributed by atoms with E-state index in [9.17, 15) is 0 Å². The van der Waals surface area contributed by atoms with Crippen molar-refractivity contribution in [3.63, 3.8) is 0 Å². The molecule has 1 heteroatoms. The summed E-state index contributed by atoms with van der Waals surface area (Å²) in [5.41, 5.74) is 2.06. The van der Waals surface area contributed by atoms with Crippen LogP contribution in [0, 0.1) is 5.92 Å². The zero-order chi connectivity index (χ0) is 8.15. The van der Waals surface area contributed by atoms with Gasteiger partial charge in [0.2, 0.25) is 0 Å². The number of nitrogens with zero attached hydrogens (tertiary/aromatic N) is 1. The SMILES string of the molecule is C=CN=C(C)C(=C)C(C)C. The zero-order valence-electron chi connectivity index (χ0n) is 7.02. The molecule has 0 radical (unpaired) electrons. The minimum atomic E-state index is 0.476. The van der Waals surface area contributed by atoms with Gasteiger partial charge in [0.1, 0.15) is 0 Å². The predicted molar refractivity (Wildman–Crippen MR) is 47.3 cm³/mol. The molecule has 0 spiro atoms. The minimum absolute atomic E-state index is 0.476. The van der Waals surface area contributed by atoms with E-state index in [1.54, 1.807) is 6.20 Å². The van der Waals surface area contributed by atoms with Crippen LogP contribution < -0.4 is 0 Å². The van der Waals surface area contributed by atoms with Gasteiger partial charge in [0.05, 0.1) is 0 Å². The number of hydrogen-bond acceptors (Lipinski definition) is 1. The highest BCUT2D eigenvalue weighted by Gasteiger charge is 2.01. The third-order valence-electron chi connectivity index (χ3n) is 1.45. The van der Waals surface area contributed by atoms with Crippen molar-refractivity contribution < 1.29 is 0 Å². The molecule has 0 unspecified atom stereocenters. The van der Waals surface area contributed by atoms with Gasteiger partial charge in [-0.15, -0.1) is 0 Å². The monoisotopic (exact) mass is 137 g/mol. The summed E-state index contributed by atoms with van der Waals surface area (Å²) in [6.45, 7) is 13.6. The van der Waals surface area contributed by atoms with E-state index in [0.29, 0.717) is 5.92 Å². The van der Waals surface area contributed by atoms with E-state index in [0.717, 1.165) is 11.3 Å². The quantitative estimate of drug-likeness (QED) is 0.530. The molecular formula is C9H15N. The Morgan fingerprint density at radius 3 is 2.30 bits per heavy atom.